The molecule has 0 radical (unpaired) electrons. The summed E-state index contributed by atoms with van der Waals surface area (Å²) in [5.74, 6) is 0.538. The maximum atomic E-state index is 11.4. The van der Waals surface area contributed by atoms with E-state index < -0.39 is 0 Å². The van der Waals surface area contributed by atoms with Crippen molar-refractivity contribution in [2.24, 2.45) is 0 Å². The molecule has 0 saturated heterocycles. The van der Waals surface area contributed by atoms with E-state index in [2.05, 4.69) is 10.6 Å². The highest BCUT2D eigenvalue weighted by Gasteiger charge is 2.14. The van der Waals surface area contributed by atoms with Crippen molar-refractivity contribution in [2.45, 2.75) is 19.9 Å². The van der Waals surface area contributed by atoms with E-state index in [1.807, 2.05) is 13.0 Å². The van der Waals surface area contributed by atoms with Gasteiger partial charge in [-0.1, -0.05) is 11.6 Å². The molecule has 4 nitrogen and oxygen atoms in total. The molecule has 0 saturated carbocycles. The predicted molar refractivity (Wildman–Crippen MR) is 69.9 cm³/mol. The Labute approximate surface area is 106 Å². The third-order valence-electron chi connectivity index (χ3n) is 2.49. The van der Waals surface area contributed by atoms with Crippen LogP contribution < -0.4 is 15.4 Å². The number of rotatable bonds is 4. The first-order valence-electron chi connectivity index (χ1n) is 5.31. The van der Waals surface area contributed by atoms with Gasteiger partial charge in [-0.15, -0.1) is 0 Å². The quantitative estimate of drug-likeness (QED) is 0.868. The molecule has 0 heterocycles. The van der Waals surface area contributed by atoms with Gasteiger partial charge in [-0.25, -0.2) is 0 Å². The molecule has 0 aliphatic rings. The van der Waals surface area contributed by atoms with Gasteiger partial charge in [-0.2, -0.15) is 0 Å². The second-order valence-corrected chi connectivity index (χ2v) is 4.19. The van der Waals surface area contributed by atoms with Crippen LogP contribution in [-0.4, -0.2) is 26.1 Å². The Bertz CT molecular complexity index is 421. The Hall–Kier alpha value is -1.42. The molecule has 1 rings (SSSR count). The van der Waals surface area contributed by atoms with Crippen LogP contribution in [0.5, 0.6) is 5.75 Å². The van der Waals surface area contributed by atoms with Crippen LogP contribution in [0.1, 0.15) is 12.5 Å². The minimum absolute atomic E-state index is 0.0837. The number of carbonyl (C=O) groups excluding carboxylic acids is 1. The van der Waals surface area contributed by atoms with Crippen LogP contribution in [0.4, 0.5) is 5.69 Å². The van der Waals surface area contributed by atoms with E-state index in [0.29, 0.717) is 10.8 Å². The first kappa shape index (κ1) is 13.6. The molecule has 2 N–H and O–H groups in total. The van der Waals surface area contributed by atoms with Gasteiger partial charge in [0.05, 0.1) is 12.8 Å². The average molecular weight is 257 g/mol. The fourth-order valence-electron chi connectivity index (χ4n) is 1.46. The molecule has 17 heavy (non-hydrogen) atoms. The van der Waals surface area contributed by atoms with E-state index in [0.717, 1.165) is 11.3 Å². The normalized spacial score (nSPS) is 11.8. The third-order valence-corrected chi connectivity index (χ3v) is 2.90. The third kappa shape index (κ3) is 3.27. The van der Waals surface area contributed by atoms with Gasteiger partial charge in [0.15, 0.2) is 0 Å². The summed E-state index contributed by atoms with van der Waals surface area (Å²) in [7, 11) is 3.17. The molecule has 0 aromatic heterocycles. The number of hydrogen-bond acceptors (Lipinski definition) is 3. The first-order valence-corrected chi connectivity index (χ1v) is 5.69. The summed E-state index contributed by atoms with van der Waals surface area (Å²) in [4.78, 5) is 11.4. The molecule has 1 amide bonds. The van der Waals surface area contributed by atoms with E-state index in [9.17, 15) is 4.79 Å². The zero-order chi connectivity index (χ0) is 13.0. The second kappa shape index (κ2) is 5.77. The molecule has 1 aromatic rings. The van der Waals surface area contributed by atoms with E-state index >= 15 is 0 Å². The Morgan fingerprint density at radius 3 is 2.65 bits per heavy atom. The van der Waals surface area contributed by atoms with Gasteiger partial charge in [-0.05, 0) is 25.5 Å². The summed E-state index contributed by atoms with van der Waals surface area (Å²) >= 11 is 6.00. The van der Waals surface area contributed by atoms with Gasteiger partial charge >= 0.3 is 0 Å². The molecule has 5 heteroatoms. The zero-order valence-electron chi connectivity index (χ0n) is 10.4. The average Bonchev–Trinajstić information content (AvgIpc) is 2.32. The second-order valence-electron chi connectivity index (χ2n) is 3.78. The maximum Gasteiger partial charge on any atom is 0.241 e. The highest BCUT2D eigenvalue weighted by Crippen LogP contribution is 2.31. The number of nitrogens with one attached hydrogen (secondary N) is 2. The minimum Gasteiger partial charge on any atom is -0.495 e. The monoisotopic (exact) mass is 256 g/mol. The highest BCUT2D eigenvalue weighted by atomic mass is 35.5. The van der Waals surface area contributed by atoms with Crippen molar-refractivity contribution in [3.8, 4) is 5.75 Å². The summed E-state index contributed by atoms with van der Waals surface area (Å²) in [5.41, 5.74) is 1.68. The van der Waals surface area contributed by atoms with Crippen molar-refractivity contribution in [3.63, 3.8) is 0 Å². The lowest BCUT2D eigenvalue weighted by Gasteiger charge is -2.17. The number of methoxy groups -OCH3 is 1. The van der Waals surface area contributed by atoms with Crippen molar-refractivity contribution in [3.05, 3.63) is 22.7 Å². The fraction of sp³-hybridized carbons (Fsp3) is 0.417. The summed E-state index contributed by atoms with van der Waals surface area (Å²) in [6.45, 7) is 3.68. The van der Waals surface area contributed by atoms with Gasteiger partial charge < -0.3 is 15.4 Å². The summed E-state index contributed by atoms with van der Waals surface area (Å²) in [6.07, 6.45) is 0. The van der Waals surface area contributed by atoms with Gasteiger partial charge in [0.1, 0.15) is 11.8 Å². The van der Waals surface area contributed by atoms with Crippen LogP contribution in [-0.2, 0) is 4.79 Å². The minimum atomic E-state index is -0.338. The number of halogens is 1. The largest absolute Gasteiger partial charge is 0.495 e. The van der Waals surface area contributed by atoms with Crippen molar-refractivity contribution in [1.29, 1.82) is 0 Å². The maximum absolute atomic E-state index is 11.4. The number of anilines is 1. The van der Waals surface area contributed by atoms with Crippen molar-refractivity contribution < 1.29 is 9.53 Å². The molecule has 0 fully saturated rings. The van der Waals surface area contributed by atoms with Gasteiger partial charge in [0, 0.05) is 18.1 Å². The standard InChI is InChI=1S/C12H17ClN2O2/c1-7-5-10(11(17-4)6-9(7)13)15-8(2)12(16)14-3/h5-6,8,15H,1-4H3,(H,14,16)/t8-/m1/s1. The molecular weight excluding hydrogens is 240 g/mol. The van der Waals surface area contributed by atoms with E-state index in [1.165, 1.54) is 0 Å². The number of carbonyl (C=O) groups is 1. The number of ether oxygens (including phenoxy) is 1. The van der Waals surface area contributed by atoms with Gasteiger partial charge in [-0.3, -0.25) is 4.79 Å². The topological polar surface area (TPSA) is 50.4 Å². The number of amides is 1. The molecular formula is C12H17ClN2O2. The molecule has 0 bridgehead atoms. The molecule has 0 unspecified atom stereocenters. The van der Waals surface area contributed by atoms with Crippen molar-refractivity contribution in [1.82, 2.24) is 5.32 Å². The molecule has 1 aromatic carbocycles. The van der Waals surface area contributed by atoms with Crippen LogP contribution in [0.25, 0.3) is 0 Å². The van der Waals surface area contributed by atoms with E-state index in [4.69, 9.17) is 16.3 Å². The number of hydrogen-bond donors (Lipinski definition) is 2. The molecule has 94 valence electrons. The fourth-order valence-corrected chi connectivity index (χ4v) is 1.61. The van der Waals surface area contributed by atoms with Crippen molar-refractivity contribution >= 4 is 23.2 Å². The lowest BCUT2D eigenvalue weighted by atomic mass is 10.2. The Morgan fingerprint density at radius 2 is 2.12 bits per heavy atom. The lowest BCUT2D eigenvalue weighted by molar-refractivity contribution is -0.121. The Balaban J connectivity index is 2.97. The first-order chi connectivity index (χ1) is 7.99. The van der Waals surface area contributed by atoms with Crippen LogP contribution in [0.3, 0.4) is 0 Å². The van der Waals surface area contributed by atoms with E-state index in [1.54, 1.807) is 27.1 Å². The van der Waals surface area contributed by atoms with Crippen LogP contribution >= 0.6 is 11.6 Å². The van der Waals surface area contributed by atoms with Crippen LogP contribution in [0.2, 0.25) is 5.02 Å². The van der Waals surface area contributed by atoms with E-state index in [-0.39, 0.29) is 11.9 Å². The summed E-state index contributed by atoms with van der Waals surface area (Å²) in [6, 6.07) is 3.26. The molecule has 0 spiro atoms. The lowest BCUT2D eigenvalue weighted by Crippen LogP contribution is -2.35. The molecule has 0 aliphatic heterocycles. The van der Waals surface area contributed by atoms with Crippen LogP contribution in [0, 0.1) is 6.92 Å². The predicted octanol–water partition coefficient (Wildman–Crippen LogP) is 2.20. The Kier molecular flexibility index (Phi) is 4.63. The van der Waals surface area contributed by atoms with Crippen molar-refractivity contribution in [2.75, 3.05) is 19.5 Å². The summed E-state index contributed by atoms with van der Waals surface area (Å²) < 4.78 is 5.22. The van der Waals surface area contributed by atoms with Gasteiger partial charge in [0.25, 0.3) is 0 Å². The summed E-state index contributed by atoms with van der Waals surface area (Å²) in [5, 5.41) is 6.30. The SMILES string of the molecule is CNC(=O)[C@@H](C)Nc1cc(C)c(Cl)cc1OC. The number of benzene rings is 1. The molecule has 1 atom stereocenters. The number of likely N-dealkylation sites (N-methyl/N-ethyl adjacent to an activating group) is 1. The number of aryl methyl sites for hydroxylation is 1. The zero-order valence-corrected chi connectivity index (χ0v) is 11.2. The Morgan fingerprint density at radius 1 is 1.47 bits per heavy atom. The van der Waals surface area contributed by atoms with Crippen LogP contribution in [0.15, 0.2) is 12.1 Å². The van der Waals surface area contributed by atoms with Gasteiger partial charge in [0.2, 0.25) is 5.91 Å². The smallest absolute Gasteiger partial charge is 0.241 e. The molecule has 0 aliphatic carbocycles. The highest BCUT2D eigenvalue weighted by molar-refractivity contribution is 6.31.